The molecule has 0 aromatic carbocycles. The van der Waals surface area contributed by atoms with Crippen LogP contribution in [0.2, 0.25) is 0 Å². The second-order valence-corrected chi connectivity index (χ2v) is 11.3. The van der Waals surface area contributed by atoms with Crippen molar-refractivity contribution in [1.29, 1.82) is 0 Å². The van der Waals surface area contributed by atoms with Crippen molar-refractivity contribution in [2.45, 2.75) is 50.7 Å². The number of unbranched alkanes of at least 4 members (excludes halogenated alkanes) is 1. The van der Waals surface area contributed by atoms with Crippen molar-refractivity contribution in [2.75, 3.05) is 6.61 Å². The largest absolute Gasteiger partial charge is 0.490 e. The van der Waals surface area contributed by atoms with E-state index in [0.29, 0.717) is 12.8 Å². The van der Waals surface area contributed by atoms with Crippen LogP contribution in [0.15, 0.2) is 15.8 Å². The third-order valence-corrected chi connectivity index (χ3v) is 8.07. The van der Waals surface area contributed by atoms with Gasteiger partial charge < -0.3 is 34.5 Å². The monoisotopic (exact) mass is 540 g/mol. The Labute approximate surface area is 185 Å². The van der Waals surface area contributed by atoms with E-state index in [4.69, 9.17) is 19.4 Å². The molecule has 7 N–H and O–H groups in total. The molecule has 0 spiro atoms. The minimum atomic E-state index is -5.74. The van der Waals surface area contributed by atoms with E-state index in [9.17, 15) is 38.4 Å². The minimum absolute atomic E-state index is 0.207. The number of aromatic amines is 1. The number of hydrogen-bond donors (Lipinski definition) is 7. The first-order valence-electron chi connectivity index (χ1n) is 9.19. The van der Waals surface area contributed by atoms with E-state index < -0.39 is 65.9 Å². The van der Waals surface area contributed by atoms with Crippen LogP contribution in [-0.4, -0.2) is 64.3 Å². The normalized spacial score (nSPS) is 27.2. The second-order valence-electron chi connectivity index (χ2n) is 6.86. The SMILES string of the molecule is CCCCc1cn([C@@H]2O[C@H](COP(=O)(O)OP(=O)(O)OP(=O)(O)O)[C@@H](O)[C@H]2O)c(=O)[nH]c1=O. The van der Waals surface area contributed by atoms with Crippen LogP contribution in [0.3, 0.4) is 0 Å². The third-order valence-electron chi connectivity index (χ3n) is 4.27. The molecule has 2 unspecified atom stereocenters. The topological polar surface area (TPSA) is 264 Å². The first-order valence-corrected chi connectivity index (χ1v) is 13.7. The summed E-state index contributed by atoms with van der Waals surface area (Å²) in [4.78, 5) is 61.7. The van der Waals surface area contributed by atoms with E-state index in [1.54, 1.807) is 0 Å². The Morgan fingerprint density at radius 2 is 1.70 bits per heavy atom. The lowest BCUT2D eigenvalue weighted by Crippen LogP contribution is -2.39. The number of ether oxygens (including phenoxy) is 1. The van der Waals surface area contributed by atoms with Gasteiger partial charge in [0.15, 0.2) is 6.23 Å². The standard InChI is InChI=1S/C13H23N2O15P3/c1-2-3-4-7-5-15(13(19)14-11(7)18)12-10(17)9(16)8(28-12)6-27-32(23,24)30-33(25,26)29-31(20,21)22/h5,8-10,12,16-17H,2-4,6H2,1H3,(H,23,24)(H,25,26)(H,14,18,19)(H2,20,21,22)/t8-,9-,10-,12-/m1/s1. The molecule has 1 aliphatic rings. The Morgan fingerprint density at radius 1 is 1.06 bits per heavy atom. The van der Waals surface area contributed by atoms with Gasteiger partial charge in [-0.05, 0) is 12.8 Å². The number of nitrogens with one attached hydrogen (secondary N) is 1. The number of aryl methyl sites for hydroxylation is 1. The average Bonchev–Trinajstić information content (AvgIpc) is 2.91. The van der Waals surface area contributed by atoms with Crippen LogP contribution in [0.1, 0.15) is 31.6 Å². The van der Waals surface area contributed by atoms with Crippen LogP contribution in [0.4, 0.5) is 0 Å². The van der Waals surface area contributed by atoms with E-state index in [0.717, 1.165) is 17.2 Å². The molecule has 1 saturated heterocycles. The van der Waals surface area contributed by atoms with Crippen molar-refractivity contribution in [3.8, 4) is 0 Å². The van der Waals surface area contributed by atoms with Crippen LogP contribution < -0.4 is 11.2 Å². The number of nitrogens with zero attached hydrogens (tertiary/aromatic N) is 1. The molecule has 6 atom stereocenters. The third kappa shape index (κ3) is 8.01. The summed E-state index contributed by atoms with van der Waals surface area (Å²) in [6.45, 7) is 0.839. The van der Waals surface area contributed by atoms with Crippen LogP contribution >= 0.6 is 23.5 Å². The van der Waals surface area contributed by atoms with E-state index in [2.05, 4.69) is 18.1 Å². The van der Waals surface area contributed by atoms with Crippen molar-refractivity contribution in [3.63, 3.8) is 0 Å². The smallest absolute Gasteiger partial charge is 0.387 e. The average molecular weight is 540 g/mol. The van der Waals surface area contributed by atoms with E-state index in [1.165, 1.54) is 0 Å². The predicted octanol–water partition coefficient (Wildman–Crippen LogP) is -1.16. The Morgan fingerprint density at radius 3 is 2.27 bits per heavy atom. The van der Waals surface area contributed by atoms with Crippen molar-refractivity contribution >= 4 is 23.5 Å². The van der Waals surface area contributed by atoms with Gasteiger partial charge in [-0.15, -0.1) is 0 Å². The molecule has 33 heavy (non-hydrogen) atoms. The molecule has 1 fully saturated rings. The molecule has 190 valence electrons. The van der Waals surface area contributed by atoms with E-state index >= 15 is 0 Å². The number of H-pyrrole nitrogens is 1. The number of hydrogen-bond acceptors (Lipinski definition) is 11. The Kier molecular flexibility index (Phi) is 9.15. The molecule has 17 nitrogen and oxygen atoms in total. The number of aliphatic hydroxyl groups is 2. The second kappa shape index (κ2) is 10.7. The highest BCUT2D eigenvalue weighted by Gasteiger charge is 2.46. The van der Waals surface area contributed by atoms with Gasteiger partial charge in [-0.25, -0.2) is 18.5 Å². The molecule has 20 heteroatoms. The maximum absolute atomic E-state index is 12.2. The van der Waals surface area contributed by atoms with Gasteiger partial charge in [0.2, 0.25) is 0 Å². The molecule has 2 heterocycles. The summed E-state index contributed by atoms with van der Waals surface area (Å²) in [6, 6.07) is 0. The van der Waals surface area contributed by atoms with Crippen LogP contribution in [-0.2, 0) is 38.0 Å². The lowest BCUT2D eigenvalue weighted by molar-refractivity contribution is -0.0543. The number of phosphoric acid groups is 3. The summed E-state index contributed by atoms with van der Waals surface area (Å²) in [5.74, 6) is 0. The summed E-state index contributed by atoms with van der Waals surface area (Å²) in [5.41, 5.74) is -1.40. The lowest BCUT2D eigenvalue weighted by Gasteiger charge is -2.19. The Balaban J connectivity index is 2.13. The number of aliphatic hydroxyl groups excluding tert-OH is 2. The van der Waals surface area contributed by atoms with Crippen molar-refractivity contribution in [3.05, 3.63) is 32.6 Å². The predicted molar refractivity (Wildman–Crippen MR) is 106 cm³/mol. The summed E-state index contributed by atoms with van der Waals surface area (Å²) >= 11 is 0. The molecule has 1 aromatic rings. The van der Waals surface area contributed by atoms with E-state index in [1.807, 2.05) is 6.92 Å². The summed E-state index contributed by atoms with van der Waals surface area (Å²) in [6.07, 6.45) is -3.84. The molecule has 2 rings (SSSR count). The zero-order chi connectivity index (χ0) is 25.2. The molecule has 0 aliphatic carbocycles. The maximum atomic E-state index is 12.2. The zero-order valence-electron chi connectivity index (χ0n) is 16.9. The summed E-state index contributed by atoms with van der Waals surface area (Å²) < 4.78 is 51.3. The Hall–Kier alpha value is -1.03. The lowest BCUT2D eigenvalue weighted by atomic mass is 10.1. The molecule has 0 amide bonds. The highest BCUT2D eigenvalue weighted by Crippen LogP contribution is 2.66. The van der Waals surface area contributed by atoms with Gasteiger partial charge in [-0.3, -0.25) is 18.9 Å². The fraction of sp³-hybridized carbons (Fsp3) is 0.692. The summed E-state index contributed by atoms with van der Waals surface area (Å²) in [7, 11) is -16.8. The number of aromatic nitrogens is 2. The molecular weight excluding hydrogens is 517 g/mol. The highest BCUT2D eigenvalue weighted by molar-refractivity contribution is 7.66. The Bertz CT molecular complexity index is 1100. The first-order chi connectivity index (χ1) is 15.1. The van der Waals surface area contributed by atoms with Gasteiger partial charge in [-0.2, -0.15) is 8.62 Å². The number of rotatable bonds is 11. The van der Waals surface area contributed by atoms with Gasteiger partial charge in [0.1, 0.15) is 18.3 Å². The van der Waals surface area contributed by atoms with Gasteiger partial charge in [0, 0.05) is 11.8 Å². The quantitative estimate of drug-likeness (QED) is 0.163. The molecule has 0 saturated carbocycles. The van der Waals surface area contributed by atoms with Crippen LogP contribution in [0.25, 0.3) is 0 Å². The minimum Gasteiger partial charge on any atom is -0.387 e. The van der Waals surface area contributed by atoms with Gasteiger partial charge in [0.25, 0.3) is 5.56 Å². The molecule has 0 radical (unpaired) electrons. The zero-order valence-corrected chi connectivity index (χ0v) is 19.5. The van der Waals surface area contributed by atoms with Gasteiger partial charge >= 0.3 is 29.2 Å². The van der Waals surface area contributed by atoms with Crippen molar-refractivity contribution < 1.29 is 61.4 Å². The fourth-order valence-corrected chi connectivity index (χ4v) is 5.86. The maximum Gasteiger partial charge on any atom is 0.490 e. The molecule has 1 aromatic heterocycles. The molecular formula is C13H23N2O15P3. The van der Waals surface area contributed by atoms with Crippen LogP contribution in [0, 0.1) is 0 Å². The van der Waals surface area contributed by atoms with E-state index in [-0.39, 0.29) is 5.56 Å². The number of phosphoric ester groups is 1. The van der Waals surface area contributed by atoms with Gasteiger partial charge in [0.05, 0.1) is 6.61 Å². The molecule has 0 bridgehead atoms. The van der Waals surface area contributed by atoms with Crippen molar-refractivity contribution in [2.24, 2.45) is 0 Å². The van der Waals surface area contributed by atoms with Crippen molar-refractivity contribution in [1.82, 2.24) is 9.55 Å². The summed E-state index contributed by atoms with van der Waals surface area (Å²) in [5, 5.41) is 20.4. The molecule has 1 aliphatic heterocycles. The highest BCUT2D eigenvalue weighted by atomic mass is 31.3. The fourth-order valence-electron chi connectivity index (χ4n) is 2.83. The van der Waals surface area contributed by atoms with Gasteiger partial charge in [-0.1, -0.05) is 13.3 Å². The first kappa shape index (κ1) is 28.2. The van der Waals surface area contributed by atoms with Crippen LogP contribution in [0.5, 0.6) is 0 Å².